The van der Waals surface area contributed by atoms with Crippen molar-refractivity contribution in [1.82, 2.24) is 0 Å². The van der Waals surface area contributed by atoms with Gasteiger partial charge in [0.2, 0.25) is 0 Å². The summed E-state index contributed by atoms with van der Waals surface area (Å²) in [4.78, 5) is 11.5. The van der Waals surface area contributed by atoms with Crippen molar-refractivity contribution < 1.29 is 4.79 Å². The lowest BCUT2D eigenvalue weighted by molar-refractivity contribution is -0.111. The average molecular weight is 281 g/mol. The minimum Gasteiger partial charge on any atom is -0.290 e. The van der Waals surface area contributed by atoms with E-state index in [2.05, 4.69) is 15.9 Å². The van der Waals surface area contributed by atoms with E-state index in [1.165, 1.54) is 0 Å². The molecule has 1 aliphatic heterocycles. The molecule has 15 heavy (non-hydrogen) atoms. The maximum atomic E-state index is 11.5. The number of ketones is 1. The van der Waals surface area contributed by atoms with E-state index in [0.717, 1.165) is 21.4 Å². The van der Waals surface area contributed by atoms with E-state index in [1.807, 2.05) is 35.7 Å². The molecule has 0 amide bonds. The summed E-state index contributed by atoms with van der Waals surface area (Å²) < 4.78 is 1.05. The molecule has 76 valence electrons. The van der Waals surface area contributed by atoms with Crippen LogP contribution in [0.15, 0.2) is 45.8 Å². The average Bonchev–Trinajstić information content (AvgIpc) is 2.25. The molecule has 1 heterocycles. The maximum absolute atomic E-state index is 11.5. The van der Waals surface area contributed by atoms with Crippen LogP contribution in [0.25, 0.3) is 6.08 Å². The fourth-order valence-corrected chi connectivity index (χ4v) is 2.28. The van der Waals surface area contributed by atoms with Gasteiger partial charge in [-0.3, -0.25) is 4.79 Å². The minimum atomic E-state index is 0.122. The number of thioether (sulfide) groups is 1. The molecule has 0 aromatic heterocycles. The summed E-state index contributed by atoms with van der Waals surface area (Å²) in [6.45, 7) is 0. The third-order valence-electron chi connectivity index (χ3n) is 2.08. The topological polar surface area (TPSA) is 17.1 Å². The lowest BCUT2D eigenvalue weighted by Crippen LogP contribution is -2.04. The van der Waals surface area contributed by atoms with E-state index in [0.29, 0.717) is 0 Å². The van der Waals surface area contributed by atoms with Gasteiger partial charge in [0.15, 0.2) is 5.78 Å². The summed E-state index contributed by atoms with van der Waals surface area (Å²) in [6.07, 6.45) is 3.57. The molecule has 2 rings (SSSR count). The molecule has 0 saturated heterocycles. The standard InChI is InChI=1S/C12H9BrOS/c13-11-3-1-9(2-4-11)7-10-8-15-6-5-12(10)14/h1-7H,8H2/b10-7+. The first-order valence-electron chi connectivity index (χ1n) is 4.54. The Balaban J connectivity index is 2.26. The first kappa shape index (κ1) is 10.7. The number of halogens is 1. The third kappa shape index (κ3) is 2.83. The van der Waals surface area contributed by atoms with Gasteiger partial charge < -0.3 is 0 Å². The monoisotopic (exact) mass is 280 g/mol. The Bertz CT molecular complexity index is 431. The van der Waals surface area contributed by atoms with Crippen LogP contribution in [0.4, 0.5) is 0 Å². The fraction of sp³-hybridized carbons (Fsp3) is 0.0833. The van der Waals surface area contributed by atoms with Crippen LogP contribution < -0.4 is 0 Å². The van der Waals surface area contributed by atoms with Gasteiger partial charge in [0.25, 0.3) is 0 Å². The van der Waals surface area contributed by atoms with E-state index in [-0.39, 0.29) is 5.78 Å². The molecule has 1 aromatic rings. The van der Waals surface area contributed by atoms with Gasteiger partial charge >= 0.3 is 0 Å². The second kappa shape index (κ2) is 4.81. The van der Waals surface area contributed by atoms with Crippen molar-refractivity contribution in [2.24, 2.45) is 0 Å². The zero-order chi connectivity index (χ0) is 10.7. The maximum Gasteiger partial charge on any atom is 0.183 e. The number of rotatable bonds is 1. The van der Waals surface area contributed by atoms with Crippen LogP contribution in [0, 0.1) is 0 Å². The van der Waals surface area contributed by atoms with Crippen molar-refractivity contribution in [3.63, 3.8) is 0 Å². The van der Waals surface area contributed by atoms with Gasteiger partial charge in [0.05, 0.1) is 0 Å². The summed E-state index contributed by atoms with van der Waals surface area (Å²) in [5.74, 6) is 0.891. The van der Waals surface area contributed by atoms with Crippen molar-refractivity contribution in [3.8, 4) is 0 Å². The first-order valence-corrected chi connectivity index (χ1v) is 6.38. The van der Waals surface area contributed by atoms with Crippen molar-refractivity contribution >= 4 is 39.6 Å². The van der Waals surface area contributed by atoms with E-state index in [4.69, 9.17) is 0 Å². The Morgan fingerprint density at radius 3 is 2.67 bits per heavy atom. The smallest absolute Gasteiger partial charge is 0.183 e. The lowest BCUT2D eigenvalue weighted by atomic mass is 10.1. The Morgan fingerprint density at radius 1 is 1.27 bits per heavy atom. The predicted octanol–water partition coefficient (Wildman–Crippen LogP) is 3.66. The molecule has 1 nitrogen and oxygen atoms in total. The van der Waals surface area contributed by atoms with Crippen LogP contribution >= 0.6 is 27.7 Å². The summed E-state index contributed by atoms with van der Waals surface area (Å²) in [6, 6.07) is 7.94. The molecule has 0 N–H and O–H groups in total. The van der Waals surface area contributed by atoms with Crippen molar-refractivity contribution in [2.75, 3.05) is 5.75 Å². The molecule has 0 radical (unpaired) electrons. The highest BCUT2D eigenvalue weighted by atomic mass is 79.9. The molecule has 0 fully saturated rings. The highest BCUT2D eigenvalue weighted by Crippen LogP contribution is 2.20. The Kier molecular flexibility index (Phi) is 3.44. The van der Waals surface area contributed by atoms with Gasteiger partial charge in [-0.05, 0) is 35.3 Å². The summed E-state index contributed by atoms with van der Waals surface area (Å²) in [5, 5.41) is 1.85. The van der Waals surface area contributed by atoms with Crippen molar-refractivity contribution in [2.45, 2.75) is 0 Å². The largest absolute Gasteiger partial charge is 0.290 e. The zero-order valence-electron chi connectivity index (χ0n) is 7.94. The van der Waals surface area contributed by atoms with E-state index >= 15 is 0 Å². The highest BCUT2D eigenvalue weighted by Gasteiger charge is 2.09. The number of benzene rings is 1. The predicted molar refractivity (Wildman–Crippen MR) is 68.7 cm³/mol. The SMILES string of the molecule is O=C1C=CSC/C1=C\c1ccc(Br)cc1. The van der Waals surface area contributed by atoms with Gasteiger partial charge in [0.1, 0.15) is 0 Å². The molecule has 0 bridgehead atoms. The van der Waals surface area contributed by atoms with Gasteiger partial charge in [0, 0.05) is 15.8 Å². The zero-order valence-corrected chi connectivity index (χ0v) is 10.3. The molecule has 1 aliphatic rings. The van der Waals surface area contributed by atoms with E-state index < -0.39 is 0 Å². The molecule has 0 aliphatic carbocycles. The number of carbonyl (C=O) groups excluding carboxylic acids is 1. The molecule has 0 unspecified atom stereocenters. The Morgan fingerprint density at radius 2 is 2.00 bits per heavy atom. The second-order valence-corrected chi connectivity index (χ2v) is 5.01. The third-order valence-corrected chi connectivity index (χ3v) is 3.42. The number of allylic oxidation sites excluding steroid dienone is 1. The number of hydrogen-bond acceptors (Lipinski definition) is 2. The molecular formula is C12H9BrOS. The highest BCUT2D eigenvalue weighted by molar-refractivity contribution is 9.10. The molecule has 0 spiro atoms. The van der Waals surface area contributed by atoms with E-state index in [1.54, 1.807) is 17.8 Å². The second-order valence-electron chi connectivity index (χ2n) is 3.20. The molecule has 1 aromatic carbocycles. The van der Waals surface area contributed by atoms with Crippen LogP contribution in [0.3, 0.4) is 0 Å². The van der Waals surface area contributed by atoms with Crippen LogP contribution in [0.1, 0.15) is 5.56 Å². The number of hydrogen-bond donors (Lipinski definition) is 0. The number of carbonyl (C=O) groups is 1. The molecule has 0 saturated carbocycles. The van der Waals surface area contributed by atoms with Gasteiger partial charge in [-0.25, -0.2) is 0 Å². The van der Waals surface area contributed by atoms with Crippen molar-refractivity contribution in [3.05, 3.63) is 51.4 Å². The van der Waals surface area contributed by atoms with Crippen LogP contribution in [-0.2, 0) is 4.79 Å². The van der Waals surface area contributed by atoms with Gasteiger partial charge in [-0.2, -0.15) is 0 Å². The van der Waals surface area contributed by atoms with Crippen molar-refractivity contribution in [1.29, 1.82) is 0 Å². The first-order chi connectivity index (χ1) is 7.25. The van der Waals surface area contributed by atoms with Crippen LogP contribution in [0.2, 0.25) is 0 Å². The Hall–Kier alpha value is -0.800. The van der Waals surface area contributed by atoms with E-state index in [9.17, 15) is 4.79 Å². The fourth-order valence-electron chi connectivity index (χ4n) is 1.30. The van der Waals surface area contributed by atoms with Gasteiger partial charge in [-0.1, -0.05) is 28.1 Å². The van der Waals surface area contributed by atoms with Gasteiger partial charge in [-0.15, -0.1) is 11.8 Å². The summed E-state index contributed by atoms with van der Waals surface area (Å²) in [7, 11) is 0. The summed E-state index contributed by atoms with van der Waals surface area (Å²) in [5.41, 5.74) is 1.93. The minimum absolute atomic E-state index is 0.122. The lowest BCUT2D eigenvalue weighted by Gasteiger charge is -2.06. The quantitative estimate of drug-likeness (QED) is 0.731. The summed E-state index contributed by atoms with van der Waals surface area (Å²) >= 11 is 5.03. The molecular weight excluding hydrogens is 272 g/mol. The molecule has 0 atom stereocenters. The molecule has 3 heteroatoms. The Labute approximate surface area is 101 Å². The van der Waals surface area contributed by atoms with Crippen LogP contribution in [0.5, 0.6) is 0 Å². The normalized spacial score (nSPS) is 18.5. The van der Waals surface area contributed by atoms with Crippen LogP contribution in [-0.4, -0.2) is 11.5 Å².